The summed E-state index contributed by atoms with van der Waals surface area (Å²) in [6, 6.07) is 9.55. The van der Waals surface area contributed by atoms with E-state index in [1.165, 1.54) is 11.8 Å². The number of nitrogens with zero attached hydrogens (tertiary/aromatic N) is 2. The van der Waals surface area contributed by atoms with Crippen LogP contribution < -0.4 is 10.6 Å². The highest BCUT2D eigenvalue weighted by atomic mass is 32.2. The number of benzene rings is 1. The van der Waals surface area contributed by atoms with E-state index >= 15 is 0 Å². The predicted octanol–water partition coefficient (Wildman–Crippen LogP) is 3.67. The van der Waals surface area contributed by atoms with Gasteiger partial charge in [0.15, 0.2) is 5.16 Å². The average Bonchev–Trinajstić information content (AvgIpc) is 3.32. The third kappa shape index (κ3) is 5.21. The second-order valence-corrected chi connectivity index (χ2v) is 7.94. The number of thioether (sulfide) groups is 1. The van der Waals surface area contributed by atoms with E-state index in [0.717, 1.165) is 21.7 Å². The van der Waals surface area contributed by atoms with Crippen LogP contribution >= 0.6 is 23.1 Å². The fraction of sp³-hybridized carbons (Fsp3) is 0.211. The Morgan fingerprint density at radius 3 is 2.89 bits per heavy atom. The maximum absolute atomic E-state index is 12.1. The van der Waals surface area contributed by atoms with Crippen molar-refractivity contribution in [3.8, 4) is 5.69 Å². The number of aromatic nitrogens is 2. The Kier molecular flexibility index (Phi) is 6.31. The molecule has 0 bridgehead atoms. The molecular formula is C19H20N4O2S2. The SMILES string of the molecule is Cc1ccc(C)c(-n2ccnc2SCC(=O)NC(=O)NCc2cccs2)c1. The molecule has 0 saturated carbocycles. The van der Waals surface area contributed by atoms with E-state index in [0.29, 0.717) is 11.7 Å². The molecule has 0 aliphatic carbocycles. The molecule has 0 unspecified atom stereocenters. The third-order valence-corrected chi connectivity index (χ3v) is 5.66. The number of rotatable bonds is 6. The number of nitrogens with one attached hydrogen (secondary N) is 2. The number of imide groups is 1. The number of thiophene rings is 1. The van der Waals surface area contributed by atoms with Crippen LogP contribution in [0.15, 0.2) is 53.3 Å². The van der Waals surface area contributed by atoms with Gasteiger partial charge in [0.05, 0.1) is 18.0 Å². The number of aryl methyl sites for hydroxylation is 2. The van der Waals surface area contributed by atoms with Gasteiger partial charge in [0.25, 0.3) is 0 Å². The van der Waals surface area contributed by atoms with Crippen molar-refractivity contribution in [3.63, 3.8) is 0 Å². The van der Waals surface area contributed by atoms with E-state index in [1.807, 2.05) is 42.1 Å². The van der Waals surface area contributed by atoms with Crippen molar-refractivity contribution >= 4 is 35.0 Å². The molecule has 2 N–H and O–H groups in total. The minimum atomic E-state index is -0.494. The number of hydrogen-bond acceptors (Lipinski definition) is 5. The molecule has 0 spiro atoms. The summed E-state index contributed by atoms with van der Waals surface area (Å²) < 4.78 is 1.96. The minimum absolute atomic E-state index is 0.105. The van der Waals surface area contributed by atoms with Gasteiger partial charge in [-0.3, -0.25) is 14.7 Å². The molecule has 6 nitrogen and oxygen atoms in total. The molecule has 140 valence electrons. The van der Waals surface area contributed by atoms with Crippen LogP contribution in [-0.2, 0) is 11.3 Å². The maximum Gasteiger partial charge on any atom is 0.321 e. The van der Waals surface area contributed by atoms with Crippen molar-refractivity contribution in [3.05, 3.63) is 64.1 Å². The Morgan fingerprint density at radius 1 is 1.26 bits per heavy atom. The Hall–Kier alpha value is -2.58. The number of hydrogen-bond donors (Lipinski definition) is 2. The minimum Gasteiger partial charge on any atom is -0.333 e. The Bertz CT molecular complexity index is 935. The zero-order chi connectivity index (χ0) is 19.2. The lowest BCUT2D eigenvalue weighted by Gasteiger charge is -2.11. The summed E-state index contributed by atoms with van der Waals surface area (Å²) in [5.74, 6) is -0.256. The smallest absolute Gasteiger partial charge is 0.321 e. The van der Waals surface area contributed by atoms with Crippen LogP contribution in [0.5, 0.6) is 0 Å². The standard InChI is InChI=1S/C19H20N4O2S2/c1-13-5-6-14(2)16(10-13)23-8-7-20-19(23)27-12-17(24)22-18(25)21-11-15-4-3-9-26-15/h3-10H,11-12H2,1-2H3,(H2,21,22,24,25). The Morgan fingerprint density at radius 2 is 2.11 bits per heavy atom. The molecule has 3 rings (SSSR count). The molecule has 1 aromatic carbocycles. The maximum atomic E-state index is 12.1. The first-order valence-electron chi connectivity index (χ1n) is 8.37. The molecule has 2 aromatic heterocycles. The first-order valence-corrected chi connectivity index (χ1v) is 10.2. The van der Waals surface area contributed by atoms with Crippen LogP contribution in [0.1, 0.15) is 16.0 Å². The lowest BCUT2D eigenvalue weighted by Crippen LogP contribution is -2.39. The largest absolute Gasteiger partial charge is 0.333 e. The summed E-state index contributed by atoms with van der Waals surface area (Å²) in [6.07, 6.45) is 3.57. The summed E-state index contributed by atoms with van der Waals surface area (Å²) >= 11 is 2.84. The molecule has 27 heavy (non-hydrogen) atoms. The quantitative estimate of drug-likeness (QED) is 0.619. The van der Waals surface area contributed by atoms with Crippen LogP contribution in [0.25, 0.3) is 5.69 Å². The number of carbonyl (C=O) groups excluding carboxylic acids is 2. The molecular weight excluding hydrogens is 380 g/mol. The first kappa shape index (κ1) is 19.2. The van der Waals surface area contributed by atoms with Crippen molar-refractivity contribution in [1.82, 2.24) is 20.2 Å². The molecule has 3 aromatic rings. The molecule has 0 saturated heterocycles. The fourth-order valence-electron chi connectivity index (χ4n) is 2.48. The van der Waals surface area contributed by atoms with Gasteiger partial charge >= 0.3 is 6.03 Å². The van der Waals surface area contributed by atoms with Gasteiger partial charge in [-0.15, -0.1) is 11.3 Å². The van der Waals surface area contributed by atoms with E-state index in [2.05, 4.69) is 33.8 Å². The van der Waals surface area contributed by atoms with Crippen LogP contribution in [0, 0.1) is 13.8 Å². The van der Waals surface area contributed by atoms with E-state index in [-0.39, 0.29) is 11.7 Å². The molecule has 2 heterocycles. The van der Waals surface area contributed by atoms with Crippen LogP contribution in [-0.4, -0.2) is 27.2 Å². The van der Waals surface area contributed by atoms with E-state index in [4.69, 9.17) is 0 Å². The predicted molar refractivity (Wildman–Crippen MR) is 108 cm³/mol. The summed E-state index contributed by atoms with van der Waals surface area (Å²) in [5.41, 5.74) is 3.31. The van der Waals surface area contributed by atoms with Gasteiger partial charge < -0.3 is 5.32 Å². The average molecular weight is 401 g/mol. The zero-order valence-electron chi connectivity index (χ0n) is 15.1. The normalized spacial score (nSPS) is 10.6. The van der Waals surface area contributed by atoms with E-state index in [1.54, 1.807) is 17.5 Å². The van der Waals surface area contributed by atoms with Crippen molar-refractivity contribution in [1.29, 1.82) is 0 Å². The monoisotopic (exact) mass is 400 g/mol. The highest BCUT2D eigenvalue weighted by Crippen LogP contribution is 2.23. The van der Waals surface area contributed by atoms with Crippen molar-refractivity contribution in [2.75, 3.05) is 5.75 Å². The lowest BCUT2D eigenvalue weighted by molar-refractivity contribution is -0.117. The summed E-state index contributed by atoms with van der Waals surface area (Å²) in [7, 11) is 0. The van der Waals surface area contributed by atoms with Crippen LogP contribution in [0.2, 0.25) is 0 Å². The Labute approximate surface area is 166 Å². The van der Waals surface area contributed by atoms with Gasteiger partial charge in [-0.2, -0.15) is 0 Å². The van der Waals surface area contributed by atoms with Gasteiger partial charge in [-0.1, -0.05) is 30.0 Å². The topological polar surface area (TPSA) is 76.0 Å². The van der Waals surface area contributed by atoms with Crippen LogP contribution in [0.3, 0.4) is 0 Å². The number of urea groups is 1. The molecule has 0 aliphatic heterocycles. The molecule has 0 fully saturated rings. The lowest BCUT2D eigenvalue weighted by atomic mass is 10.1. The van der Waals surface area contributed by atoms with E-state index < -0.39 is 6.03 Å². The summed E-state index contributed by atoms with van der Waals surface area (Å²) in [4.78, 5) is 29.2. The Balaban J connectivity index is 1.54. The van der Waals surface area contributed by atoms with Crippen molar-refractivity contribution in [2.24, 2.45) is 0 Å². The molecule has 3 amide bonds. The molecule has 8 heteroatoms. The highest BCUT2D eigenvalue weighted by Gasteiger charge is 2.12. The molecule has 0 radical (unpaired) electrons. The molecule has 0 atom stereocenters. The van der Waals surface area contributed by atoms with Crippen LogP contribution in [0.4, 0.5) is 4.79 Å². The zero-order valence-corrected chi connectivity index (χ0v) is 16.7. The highest BCUT2D eigenvalue weighted by molar-refractivity contribution is 7.99. The van der Waals surface area contributed by atoms with Gasteiger partial charge in [0.2, 0.25) is 5.91 Å². The number of imidazole rings is 1. The first-order chi connectivity index (χ1) is 13.0. The van der Waals surface area contributed by atoms with Gasteiger partial charge in [-0.05, 0) is 42.5 Å². The van der Waals surface area contributed by atoms with Gasteiger partial charge in [0.1, 0.15) is 0 Å². The number of carbonyl (C=O) groups is 2. The summed E-state index contributed by atoms with van der Waals surface area (Å²) in [6.45, 7) is 4.48. The fourth-order valence-corrected chi connectivity index (χ4v) is 3.89. The van der Waals surface area contributed by atoms with Gasteiger partial charge in [-0.25, -0.2) is 9.78 Å². The van der Waals surface area contributed by atoms with Crippen molar-refractivity contribution in [2.45, 2.75) is 25.5 Å². The van der Waals surface area contributed by atoms with E-state index in [9.17, 15) is 9.59 Å². The number of amides is 3. The molecule has 0 aliphatic rings. The summed E-state index contributed by atoms with van der Waals surface area (Å²) in [5, 5.41) is 7.66. The second kappa shape index (κ2) is 8.88. The second-order valence-electron chi connectivity index (χ2n) is 5.97. The third-order valence-electron chi connectivity index (χ3n) is 3.82. The van der Waals surface area contributed by atoms with Crippen molar-refractivity contribution < 1.29 is 9.59 Å². The van der Waals surface area contributed by atoms with Gasteiger partial charge in [0, 0.05) is 17.3 Å².